The fourth-order valence-corrected chi connectivity index (χ4v) is 3.15. The number of carbonyl (C=O) groups excluding carboxylic acids is 1. The highest BCUT2D eigenvalue weighted by atomic mass is 16.7. The highest BCUT2D eigenvalue weighted by molar-refractivity contribution is 5.98. The molecule has 130 valence electrons. The van der Waals surface area contributed by atoms with Crippen molar-refractivity contribution in [3.63, 3.8) is 0 Å². The van der Waals surface area contributed by atoms with Gasteiger partial charge < -0.3 is 5.32 Å². The van der Waals surface area contributed by atoms with Gasteiger partial charge in [0.25, 0.3) is 0 Å². The summed E-state index contributed by atoms with van der Waals surface area (Å²) >= 11 is 0. The van der Waals surface area contributed by atoms with Crippen LogP contribution in [0.4, 0.5) is 4.79 Å². The fourth-order valence-electron chi connectivity index (χ4n) is 3.15. The molecule has 0 spiro atoms. The van der Waals surface area contributed by atoms with Crippen LogP contribution in [0.2, 0.25) is 0 Å². The smallest absolute Gasteiger partial charge is 0.306 e. The molecule has 0 unspecified atom stereocenters. The molecule has 2 rings (SSSR count). The van der Waals surface area contributed by atoms with Crippen LogP contribution < -0.4 is 10.7 Å². The van der Waals surface area contributed by atoms with E-state index in [0.717, 1.165) is 24.1 Å². The third-order valence-electron chi connectivity index (χ3n) is 3.73. The number of piperidine rings is 1. The molecule has 0 aromatic heterocycles. The van der Waals surface area contributed by atoms with Crippen LogP contribution in [0, 0.1) is 0 Å². The number of carbonyl (C=O) groups is 1. The number of amides is 1. The van der Waals surface area contributed by atoms with Crippen molar-refractivity contribution >= 4 is 17.5 Å². The molecule has 24 heavy (non-hydrogen) atoms. The molecule has 0 atom stereocenters. The zero-order valence-electron chi connectivity index (χ0n) is 15.0. The quantitative estimate of drug-likeness (QED) is 0.506. The van der Waals surface area contributed by atoms with Crippen LogP contribution in [-0.2, 0) is 4.84 Å². The standard InChI is InChI=1S/C18H26N4O2/c1-13(14-9-7-6-8-10-14)21-24-16(23)20-19-15-11-17(2,3)22-18(4,5)12-15/h6-10,22H,11-12H2,1-5H3,(H,20,23)/b21-13-. The lowest BCUT2D eigenvalue weighted by Crippen LogP contribution is -2.58. The average molecular weight is 330 g/mol. The largest absolute Gasteiger partial charge is 0.453 e. The van der Waals surface area contributed by atoms with E-state index in [1.807, 2.05) is 30.3 Å². The summed E-state index contributed by atoms with van der Waals surface area (Å²) in [5, 5.41) is 11.6. The van der Waals surface area contributed by atoms with Gasteiger partial charge in [0.05, 0.1) is 5.71 Å². The van der Waals surface area contributed by atoms with Gasteiger partial charge in [-0.25, -0.2) is 10.2 Å². The van der Waals surface area contributed by atoms with Gasteiger partial charge in [-0.15, -0.1) is 0 Å². The lowest BCUT2D eigenvalue weighted by Gasteiger charge is -2.43. The molecule has 0 radical (unpaired) electrons. The van der Waals surface area contributed by atoms with E-state index < -0.39 is 6.09 Å². The van der Waals surface area contributed by atoms with Crippen LogP contribution in [-0.4, -0.2) is 28.6 Å². The molecule has 1 aromatic rings. The maximum absolute atomic E-state index is 11.8. The molecule has 1 aromatic carbocycles. The Labute approximate surface area is 143 Å². The lowest BCUT2D eigenvalue weighted by atomic mass is 9.81. The number of rotatable bonds is 3. The highest BCUT2D eigenvalue weighted by Gasteiger charge is 2.35. The predicted molar refractivity (Wildman–Crippen MR) is 96.2 cm³/mol. The molecular weight excluding hydrogens is 304 g/mol. The van der Waals surface area contributed by atoms with Gasteiger partial charge in [-0.2, -0.15) is 5.10 Å². The molecule has 1 heterocycles. The molecule has 1 aliphatic heterocycles. The van der Waals surface area contributed by atoms with Crippen LogP contribution >= 0.6 is 0 Å². The van der Waals surface area contributed by atoms with E-state index in [1.165, 1.54) is 0 Å². The zero-order chi connectivity index (χ0) is 17.8. The van der Waals surface area contributed by atoms with E-state index in [2.05, 4.69) is 48.7 Å². The van der Waals surface area contributed by atoms with Crippen molar-refractivity contribution in [2.75, 3.05) is 0 Å². The maximum Gasteiger partial charge on any atom is 0.453 e. The first-order valence-corrected chi connectivity index (χ1v) is 8.09. The minimum Gasteiger partial charge on any atom is -0.306 e. The molecule has 6 heteroatoms. The molecule has 1 saturated heterocycles. The lowest BCUT2D eigenvalue weighted by molar-refractivity contribution is 0.151. The topological polar surface area (TPSA) is 75.1 Å². The van der Waals surface area contributed by atoms with Gasteiger partial charge >= 0.3 is 6.09 Å². The van der Waals surface area contributed by atoms with E-state index in [1.54, 1.807) is 6.92 Å². The summed E-state index contributed by atoms with van der Waals surface area (Å²) in [5.74, 6) is 0. The van der Waals surface area contributed by atoms with Gasteiger partial charge in [0, 0.05) is 29.6 Å². The van der Waals surface area contributed by atoms with E-state index >= 15 is 0 Å². The number of hydrogen-bond donors (Lipinski definition) is 2. The first kappa shape index (κ1) is 18.1. The summed E-state index contributed by atoms with van der Waals surface area (Å²) in [4.78, 5) is 16.6. The number of hydrogen-bond acceptors (Lipinski definition) is 5. The number of benzene rings is 1. The Hall–Kier alpha value is -2.21. The Kier molecular flexibility index (Phi) is 5.39. The SMILES string of the molecule is C/C(=N/OC(=O)NN=C1CC(C)(C)NC(C)(C)C1)c1ccccc1. The van der Waals surface area contributed by atoms with Crippen molar-refractivity contribution in [1.29, 1.82) is 0 Å². The van der Waals surface area contributed by atoms with Crippen molar-refractivity contribution in [1.82, 2.24) is 10.7 Å². The van der Waals surface area contributed by atoms with E-state index in [9.17, 15) is 4.79 Å². The van der Waals surface area contributed by atoms with Gasteiger partial charge in [0.15, 0.2) is 0 Å². The van der Waals surface area contributed by atoms with Crippen molar-refractivity contribution in [2.45, 2.75) is 58.5 Å². The molecule has 0 saturated carbocycles. The second kappa shape index (κ2) is 7.13. The van der Waals surface area contributed by atoms with Gasteiger partial charge in [-0.05, 0) is 40.2 Å². The van der Waals surface area contributed by atoms with Gasteiger partial charge in [-0.1, -0.05) is 35.5 Å². The Bertz CT molecular complexity index is 630. The van der Waals surface area contributed by atoms with Crippen LogP contribution in [0.25, 0.3) is 0 Å². The third kappa shape index (κ3) is 5.45. The molecule has 2 N–H and O–H groups in total. The Morgan fingerprint density at radius 3 is 2.29 bits per heavy atom. The first-order chi connectivity index (χ1) is 11.2. The molecule has 1 amide bonds. The molecular formula is C18H26N4O2. The zero-order valence-corrected chi connectivity index (χ0v) is 15.0. The normalized spacial score (nSPS) is 19.5. The summed E-state index contributed by atoms with van der Waals surface area (Å²) in [6.07, 6.45) is 0.846. The van der Waals surface area contributed by atoms with Crippen LogP contribution in [0.15, 0.2) is 40.6 Å². The van der Waals surface area contributed by atoms with E-state index in [4.69, 9.17) is 4.84 Å². The molecule has 6 nitrogen and oxygen atoms in total. The van der Waals surface area contributed by atoms with Gasteiger partial charge in [0.1, 0.15) is 0 Å². The number of nitrogens with one attached hydrogen (secondary N) is 2. The third-order valence-corrected chi connectivity index (χ3v) is 3.73. The number of nitrogens with zero attached hydrogens (tertiary/aromatic N) is 2. The van der Waals surface area contributed by atoms with Crippen molar-refractivity contribution in [2.24, 2.45) is 10.3 Å². The fraction of sp³-hybridized carbons (Fsp3) is 0.500. The second-order valence-corrected chi connectivity index (χ2v) is 7.46. The summed E-state index contributed by atoms with van der Waals surface area (Å²) in [6.45, 7) is 10.3. The Morgan fingerprint density at radius 1 is 1.12 bits per heavy atom. The molecule has 1 aliphatic rings. The highest BCUT2D eigenvalue weighted by Crippen LogP contribution is 2.26. The number of oxime groups is 1. The van der Waals surface area contributed by atoms with Crippen molar-refractivity contribution in [3.05, 3.63) is 35.9 Å². The Morgan fingerprint density at radius 2 is 1.71 bits per heavy atom. The van der Waals surface area contributed by atoms with E-state index in [-0.39, 0.29) is 11.1 Å². The van der Waals surface area contributed by atoms with Gasteiger partial charge in [0.2, 0.25) is 0 Å². The number of hydrazone groups is 1. The van der Waals surface area contributed by atoms with Crippen molar-refractivity contribution in [3.8, 4) is 0 Å². The summed E-state index contributed by atoms with van der Waals surface area (Å²) in [7, 11) is 0. The molecule has 0 aliphatic carbocycles. The second-order valence-electron chi connectivity index (χ2n) is 7.46. The molecule has 0 bridgehead atoms. The monoisotopic (exact) mass is 330 g/mol. The first-order valence-electron chi connectivity index (χ1n) is 8.09. The summed E-state index contributed by atoms with van der Waals surface area (Å²) in [6, 6.07) is 9.53. The molecule has 1 fully saturated rings. The van der Waals surface area contributed by atoms with Gasteiger partial charge in [-0.3, -0.25) is 4.84 Å². The summed E-state index contributed by atoms with van der Waals surface area (Å²) < 4.78 is 0. The predicted octanol–water partition coefficient (Wildman–Crippen LogP) is 3.43. The van der Waals surface area contributed by atoms with Crippen LogP contribution in [0.5, 0.6) is 0 Å². The maximum atomic E-state index is 11.8. The van der Waals surface area contributed by atoms with Crippen LogP contribution in [0.1, 0.15) is 53.0 Å². The summed E-state index contributed by atoms with van der Waals surface area (Å²) in [5.41, 5.74) is 4.77. The van der Waals surface area contributed by atoms with E-state index in [0.29, 0.717) is 5.71 Å². The van der Waals surface area contributed by atoms with Crippen LogP contribution in [0.3, 0.4) is 0 Å². The average Bonchev–Trinajstić information content (AvgIpc) is 2.48. The van der Waals surface area contributed by atoms with Crippen molar-refractivity contribution < 1.29 is 9.63 Å². The Balaban J connectivity index is 1.93. The minimum atomic E-state index is -0.688. The minimum absolute atomic E-state index is 0.0613.